The first kappa shape index (κ1) is 13.2. The van der Waals surface area contributed by atoms with E-state index in [1.807, 2.05) is 6.07 Å². The molecule has 104 valence electrons. The zero-order valence-corrected chi connectivity index (χ0v) is 12.3. The van der Waals surface area contributed by atoms with Crippen molar-refractivity contribution in [3.8, 4) is 0 Å². The van der Waals surface area contributed by atoms with E-state index in [1.54, 1.807) is 0 Å². The Kier molecular flexibility index (Phi) is 3.49. The molecule has 0 amide bonds. The first-order valence-corrected chi connectivity index (χ1v) is 7.29. The normalized spacial score (nSPS) is 15.1. The summed E-state index contributed by atoms with van der Waals surface area (Å²) >= 11 is 0. The van der Waals surface area contributed by atoms with Crippen LogP contribution in [0.1, 0.15) is 27.8 Å². The van der Waals surface area contributed by atoms with Gasteiger partial charge >= 0.3 is 0 Å². The van der Waals surface area contributed by atoms with Gasteiger partial charge in [-0.05, 0) is 54.2 Å². The van der Waals surface area contributed by atoms with Gasteiger partial charge in [-0.1, -0.05) is 30.3 Å². The van der Waals surface area contributed by atoms with Gasteiger partial charge in [0.15, 0.2) is 0 Å². The van der Waals surface area contributed by atoms with Gasteiger partial charge < -0.3 is 5.73 Å². The van der Waals surface area contributed by atoms with Gasteiger partial charge in [0.2, 0.25) is 0 Å². The van der Waals surface area contributed by atoms with Crippen molar-refractivity contribution in [1.82, 2.24) is 4.90 Å². The second-order valence-electron chi connectivity index (χ2n) is 5.80. The predicted molar refractivity (Wildman–Crippen MR) is 84.6 cm³/mol. The first-order valence-electron chi connectivity index (χ1n) is 7.29. The molecule has 1 aliphatic heterocycles. The van der Waals surface area contributed by atoms with Gasteiger partial charge in [0.1, 0.15) is 0 Å². The number of rotatable bonds is 2. The monoisotopic (exact) mass is 266 g/mol. The number of benzene rings is 2. The Morgan fingerprint density at radius 3 is 2.75 bits per heavy atom. The molecule has 0 saturated carbocycles. The Bertz CT molecular complexity index is 631. The van der Waals surface area contributed by atoms with E-state index >= 15 is 0 Å². The number of nitrogens with two attached hydrogens (primary N) is 1. The zero-order chi connectivity index (χ0) is 14.1. The number of aryl methyl sites for hydroxylation is 1. The fraction of sp³-hybridized carbons (Fsp3) is 0.333. The van der Waals surface area contributed by atoms with Gasteiger partial charge in [-0.2, -0.15) is 0 Å². The highest BCUT2D eigenvalue weighted by molar-refractivity contribution is 5.51. The third-order valence-electron chi connectivity index (χ3n) is 4.49. The molecule has 0 aromatic heterocycles. The number of fused-ring (bicyclic) bond motifs is 1. The van der Waals surface area contributed by atoms with E-state index in [4.69, 9.17) is 5.73 Å². The minimum Gasteiger partial charge on any atom is -0.398 e. The van der Waals surface area contributed by atoms with Crippen LogP contribution >= 0.6 is 0 Å². The van der Waals surface area contributed by atoms with Crippen molar-refractivity contribution in [2.75, 3.05) is 12.3 Å². The molecule has 0 fully saturated rings. The SMILES string of the molecule is Cc1cccc(CN2CCc3c(N)cccc3C2)c1C. The number of hydrogen-bond donors (Lipinski definition) is 1. The van der Waals surface area contributed by atoms with Gasteiger partial charge in [-0.15, -0.1) is 0 Å². The Morgan fingerprint density at radius 1 is 1.10 bits per heavy atom. The van der Waals surface area contributed by atoms with Crippen LogP contribution in [-0.2, 0) is 19.5 Å². The highest BCUT2D eigenvalue weighted by Crippen LogP contribution is 2.25. The molecule has 0 spiro atoms. The summed E-state index contributed by atoms with van der Waals surface area (Å²) in [6, 6.07) is 12.9. The Morgan fingerprint density at radius 2 is 1.90 bits per heavy atom. The van der Waals surface area contributed by atoms with Crippen molar-refractivity contribution < 1.29 is 0 Å². The van der Waals surface area contributed by atoms with E-state index in [-0.39, 0.29) is 0 Å². The lowest BCUT2D eigenvalue weighted by molar-refractivity contribution is 0.245. The van der Waals surface area contributed by atoms with Crippen molar-refractivity contribution >= 4 is 5.69 Å². The van der Waals surface area contributed by atoms with Gasteiger partial charge in [-0.3, -0.25) is 4.90 Å². The molecule has 1 heterocycles. The predicted octanol–water partition coefficient (Wildman–Crippen LogP) is 3.44. The maximum Gasteiger partial charge on any atom is 0.0350 e. The molecule has 0 aliphatic carbocycles. The number of nitrogens with zero attached hydrogens (tertiary/aromatic N) is 1. The molecule has 3 rings (SSSR count). The Labute approximate surface area is 121 Å². The van der Waals surface area contributed by atoms with E-state index in [0.717, 1.165) is 31.7 Å². The summed E-state index contributed by atoms with van der Waals surface area (Å²) in [5.74, 6) is 0. The lowest BCUT2D eigenvalue weighted by atomic mass is 9.96. The average molecular weight is 266 g/mol. The van der Waals surface area contributed by atoms with Crippen molar-refractivity contribution in [1.29, 1.82) is 0 Å². The van der Waals surface area contributed by atoms with Crippen LogP contribution in [0.3, 0.4) is 0 Å². The second-order valence-corrected chi connectivity index (χ2v) is 5.80. The molecule has 2 aromatic rings. The molecule has 2 nitrogen and oxygen atoms in total. The minimum atomic E-state index is 0.953. The quantitative estimate of drug-likeness (QED) is 0.844. The van der Waals surface area contributed by atoms with Crippen LogP contribution in [0.4, 0.5) is 5.69 Å². The molecular formula is C18H22N2. The zero-order valence-electron chi connectivity index (χ0n) is 12.3. The molecule has 0 radical (unpaired) electrons. The van der Waals surface area contributed by atoms with Crippen LogP contribution in [0.5, 0.6) is 0 Å². The van der Waals surface area contributed by atoms with Gasteiger partial charge in [-0.25, -0.2) is 0 Å². The van der Waals surface area contributed by atoms with Crippen molar-refractivity contribution in [3.63, 3.8) is 0 Å². The van der Waals surface area contributed by atoms with Crippen LogP contribution in [0.2, 0.25) is 0 Å². The maximum absolute atomic E-state index is 6.06. The van der Waals surface area contributed by atoms with E-state index in [0.29, 0.717) is 0 Å². The molecule has 0 unspecified atom stereocenters. The molecule has 1 aliphatic rings. The second kappa shape index (κ2) is 5.29. The fourth-order valence-electron chi connectivity index (χ4n) is 3.06. The molecule has 0 atom stereocenters. The minimum absolute atomic E-state index is 0.953. The Hall–Kier alpha value is -1.80. The van der Waals surface area contributed by atoms with E-state index in [9.17, 15) is 0 Å². The van der Waals surface area contributed by atoms with Crippen molar-refractivity contribution in [2.24, 2.45) is 0 Å². The first-order chi connectivity index (χ1) is 9.65. The summed E-state index contributed by atoms with van der Waals surface area (Å²) in [5.41, 5.74) is 14.0. The van der Waals surface area contributed by atoms with Crippen LogP contribution < -0.4 is 5.73 Å². The summed E-state index contributed by atoms with van der Waals surface area (Å²) in [6.07, 6.45) is 1.06. The molecule has 2 N–H and O–H groups in total. The molecule has 0 saturated heterocycles. The van der Waals surface area contributed by atoms with Crippen LogP contribution in [0.25, 0.3) is 0 Å². The number of anilines is 1. The summed E-state index contributed by atoms with van der Waals surface area (Å²) in [6.45, 7) is 7.54. The topological polar surface area (TPSA) is 29.3 Å². The summed E-state index contributed by atoms with van der Waals surface area (Å²) < 4.78 is 0. The van der Waals surface area contributed by atoms with E-state index in [1.165, 1.54) is 27.8 Å². The molecule has 2 heteroatoms. The summed E-state index contributed by atoms with van der Waals surface area (Å²) in [7, 11) is 0. The van der Waals surface area contributed by atoms with Crippen LogP contribution in [0, 0.1) is 13.8 Å². The average Bonchev–Trinajstić information content (AvgIpc) is 2.44. The highest BCUT2D eigenvalue weighted by Gasteiger charge is 2.18. The lowest BCUT2D eigenvalue weighted by Crippen LogP contribution is -2.30. The van der Waals surface area contributed by atoms with E-state index < -0.39 is 0 Å². The van der Waals surface area contributed by atoms with Crippen LogP contribution in [0.15, 0.2) is 36.4 Å². The fourth-order valence-corrected chi connectivity index (χ4v) is 3.06. The smallest absolute Gasteiger partial charge is 0.0350 e. The third kappa shape index (κ3) is 2.44. The largest absolute Gasteiger partial charge is 0.398 e. The standard InChI is InChI=1S/C18H22N2/c1-13-5-3-6-15(14(13)2)11-20-10-9-17-16(12-20)7-4-8-18(17)19/h3-8H,9-12,19H2,1-2H3. The Balaban J connectivity index is 1.79. The van der Waals surface area contributed by atoms with E-state index in [2.05, 4.69) is 49.1 Å². The maximum atomic E-state index is 6.06. The number of nitrogen functional groups attached to an aromatic ring is 1. The lowest BCUT2D eigenvalue weighted by Gasteiger charge is -2.30. The molecule has 2 aromatic carbocycles. The van der Waals surface area contributed by atoms with Crippen molar-refractivity contribution in [3.05, 3.63) is 64.2 Å². The highest BCUT2D eigenvalue weighted by atomic mass is 15.1. The van der Waals surface area contributed by atoms with Gasteiger partial charge in [0, 0.05) is 25.3 Å². The third-order valence-corrected chi connectivity index (χ3v) is 4.49. The number of hydrogen-bond acceptors (Lipinski definition) is 2. The molecule has 0 bridgehead atoms. The van der Waals surface area contributed by atoms with Gasteiger partial charge in [0.05, 0.1) is 0 Å². The summed E-state index contributed by atoms with van der Waals surface area (Å²) in [5, 5.41) is 0. The van der Waals surface area contributed by atoms with Crippen molar-refractivity contribution in [2.45, 2.75) is 33.4 Å². The molecule has 20 heavy (non-hydrogen) atoms. The summed E-state index contributed by atoms with van der Waals surface area (Å²) in [4.78, 5) is 2.52. The molecular weight excluding hydrogens is 244 g/mol. The van der Waals surface area contributed by atoms with Crippen LogP contribution in [-0.4, -0.2) is 11.4 Å². The van der Waals surface area contributed by atoms with Gasteiger partial charge in [0.25, 0.3) is 0 Å².